The first-order valence-corrected chi connectivity index (χ1v) is 14.5. The molecule has 2 aromatic carbocycles. The summed E-state index contributed by atoms with van der Waals surface area (Å²) < 4.78 is 6.08. The monoisotopic (exact) mass is 557 g/mol. The molecule has 0 unspecified atom stereocenters. The second kappa shape index (κ2) is 9.65. The number of aliphatic hydroxyl groups is 3. The number of aliphatic hydroxyl groups excluding tert-OH is 2. The lowest BCUT2D eigenvalue weighted by atomic mass is 9.59. The van der Waals surface area contributed by atoms with E-state index in [0.717, 1.165) is 5.56 Å². The van der Waals surface area contributed by atoms with Crippen LogP contribution in [-0.4, -0.2) is 51.5 Å². The summed E-state index contributed by atoms with van der Waals surface area (Å²) in [6, 6.07) is 16.8. The highest BCUT2D eigenvalue weighted by molar-refractivity contribution is 5.97. The van der Waals surface area contributed by atoms with Crippen LogP contribution in [0, 0.1) is 34.5 Å². The molecule has 6 rings (SSSR count). The number of fused-ring (bicyclic) bond motifs is 3. The summed E-state index contributed by atoms with van der Waals surface area (Å²) in [5, 5.41) is 38.0. The summed E-state index contributed by atoms with van der Waals surface area (Å²) in [4.78, 5) is 28.3. The predicted molar refractivity (Wildman–Crippen MR) is 155 cm³/mol. The van der Waals surface area contributed by atoms with Gasteiger partial charge in [-0.3, -0.25) is 4.79 Å². The lowest BCUT2D eigenvalue weighted by Crippen LogP contribution is -2.65. The fourth-order valence-electron chi connectivity index (χ4n) is 8.37. The number of rotatable bonds is 6. The Hall–Kier alpha value is -3.26. The molecule has 2 saturated carbocycles. The number of hydrogen-bond donors (Lipinski definition) is 4. The van der Waals surface area contributed by atoms with Gasteiger partial charge in [-0.05, 0) is 65.4 Å². The minimum absolute atomic E-state index is 0.0552. The SMILES string of the molecule is CC1=C[C@]23C(=O)[C@@H](C=C(CO)[C@@H](O)[C@]2(O)[C@H]1OC(=O)c1ccccc1NCc1ccccc1)[C@H]1[C@@H](C[C@H]3C)C1(C)C. The number of para-hydroxylation sites is 1. The number of ketones is 1. The van der Waals surface area contributed by atoms with Crippen molar-refractivity contribution in [3.8, 4) is 0 Å². The lowest BCUT2D eigenvalue weighted by molar-refractivity contribution is -0.190. The molecule has 41 heavy (non-hydrogen) atoms. The summed E-state index contributed by atoms with van der Waals surface area (Å²) >= 11 is 0. The van der Waals surface area contributed by atoms with Crippen LogP contribution in [0.3, 0.4) is 0 Å². The molecule has 216 valence electrons. The van der Waals surface area contributed by atoms with Crippen molar-refractivity contribution in [2.45, 2.75) is 58.5 Å². The van der Waals surface area contributed by atoms with Crippen molar-refractivity contribution in [3.63, 3.8) is 0 Å². The standard InChI is InChI=1S/C34H39NO6/c1-19-16-33-20(2)14-25-27(32(25,3)4)24(29(33)38)15-22(18-36)28(37)34(33,40)30(19)41-31(39)23-12-8-9-13-26(23)35-17-21-10-6-5-7-11-21/h5-13,15-16,20,24-25,27-28,30,35-37,40H,14,17-18H2,1-4H3/t20-,24+,25-,27+,28-,30+,33+,34+/m1/s1. The summed E-state index contributed by atoms with van der Waals surface area (Å²) in [6.07, 6.45) is 1.25. The molecule has 0 heterocycles. The molecule has 0 saturated heterocycles. The number of Topliss-reactive ketones (excluding diaryl/α,β-unsaturated/α-hetero) is 1. The van der Waals surface area contributed by atoms with Gasteiger partial charge in [0, 0.05) is 18.2 Å². The molecule has 1 spiro atoms. The van der Waals surface area contributed by atoms with Crippen LogP contribution in [0.1, 0.15) is 50.0 Å². The van der Waals surface area contributed by atoms with E-state index >= 15 is 0 Å². The van der Waals surface area contributed by atoms with Crippen LogP contribution in [0.2, 0.25) is 0 Å². The molecule has 4 N–H and O–H groups in total. The molecule has 2 bridgehead atoms. The molecule has 7 heteroatoms. The van der Waals surface area contributed by atoms with E-state index < -0.39 is 41.7 Å². The molecule has 8 atom stereocenters. The number of esters is 1. The van der Waals surface area contributed by atoms with Crippen molar-refractivity contribution < 1.29 is 29.6 Å². The molecule has 4 aliphatic rings. The number of benzene rings is 2. The fourth-order valence-corrected chi connectivity index (χ4v) is 8.37. The van der Waals surface area contributed by atoms with Gasteiger partial charge in [0.25, 0.3) is 0 Å². The Labute approximate surface area is 240 Å². The van der Waals surface area contributed by atoms with E-state index in [2.05, 4.69) is 19.2 Å². The van der Waals surface area contributed by atoms with Crippen molar-refractivity contribution in [1.82, 2.24) is 0 Å². The van der Waals surface area contributed by atoms with Gasteiger partial charge in [0.2, 0.25) is 0 Å². The Morgan fingerprint density at radius 2 is 1.78 bits per heavy atom. The van der Waals surface area contributed by atoms with Gasteiger partial charge in [0.05, 0.1) is 17.6 Å². The van der Waals surface area contributed by atoms with Gasteiger partial charge in [-0.15, -0.1) is 0 Å². The first kappa shape index (κ1) is 27.9. The number of ether oxygens (including phenoxy) is 1. The minimum atomic E-state index is -2.17. The summed E-state index contributed by atoms with van der Waals surface area (Å²) in [6.45, 7) is 7.98. The van der Waals surface area contributed by atoms with Crippen LogP contribution < -0.4 is 5.32 Å². The van der Waals surface area contributed by atoms with Crippen LogP contribution in [-0.2, 0) is 16.1 Å². The average molecular weight is 558 g/mol. The molecule has 0 amide bonds. The maximum atomic E-state index is 14.5. The van der Waals surface area contributed by atoms with Gasteiger partial charge >= 0.3 is 5.97 Å². The zero-order valence-electron chi connectivity index (χ0n) is 24.0. The second-order valence-electron chi connectivity index (χ2n) is 13.0. The number of allylic oxidation sites excluding steroid dienone is 1. The van der Waals surface area contributed by atoms with Crippen LogP contribution in [0.15, 0.2) is 77.9 Å². The molecular formula is C34H39NO6. The van der Waals surface area contributed by atoms with E-state index in [-0.39, 0.29) is 40.1 Å². The molecule has 4 aliphatic carbocycles. The highest BCUT2D eigenvalue weighted by Crippen LogP contribution is 2.71. The molecule has 2 aromatic rings. The quantitative estimate of drug-likeness (QED) is 0.309. The van der Waals surface area contributed by atoms with Gasteiger partial charge in [0.1, 0.15) is 6.10 Å². The van der Waals surface area contributed by atoms with E-state index in [1.165, 1.54) is 0 Å². The highest BCUT2D eigenvalue weighted by Gasteiger charge is 2.76. The van der Waals surface area contributed by atoms with E-state index in [9.17, 15) is 24.9 Å². The first-order valence-electron chi connectivity index (χ1n) is 14.5. The number of carbonyl (C=O) groups excluding carboxylic acids is 2. The van der Waals surface area contributed by atoms with Crippen LogP contribution in [0.4, 0.5) is 5.69 Å². The predicted octanol–water partition coefficient (Wildman–Crippen LogP) is 4.29. The number of anilines is 1. The molecule has 7 nitrogen and oxygen atoms in total. The van der Waals surface area contributed by atoms with E-state index in [1.807, 2.05) is 43.3 Å². The van der Waals surface area contributed by atoms with E-state index in [1.54, 1.807) is 37.3 Å². The molecule has 0 radical (unpaired) electrons. The Morgan fingerprint density at radius 3 is 2.49 bits per heavy atom. The summed E-state index contributed by atoms with van der Waals surface area (Å²) in [5.41, 5.74) is -1.08. The fraction of sp³-hybridized carbons (Fsp3) is 0.471. The third kappa shape index (κ3) is 3.89. The topological polar surface area (TPSA) is 116 Å². The minimum Gasteiger partial charge on any atom is -0.451 e. The summed E-state index contributed by atoms with van der Waals surface area (Å²) in [7, 11) is 0. The van der Waals surface area contributed by atoms with Gasteiger partial charge in [-0.1, -0.05) is 75.4 Å². The van der Waals surface area contributed by atoms with Crippen molar-refractivity contribution in [2.75, 3.05) is 11.9 Å². The molecule has 0 aromatic heterocycles. The van der Waals surface area contributed by atoms with E-state index in [0.29, 0.717) is 24.2 Å². The third-order valence-electron chi connectivity index (χ3n) is 10.6. The van der Waals surface area contributed by atoms with Crippen LogP contribution in [0.25, 0.3) is 0 Å². The maximum absolute atomic E-state index is 14.5. The average Bonchev–Trinajstić information content (AvgIpc) is 3.45. The van der Waals surface area contributed by atoms with Gasteiger partial charge < -0.3 is 25.4 Å². The molecule has 0 aliphatic heterocycles. The van der Waals surface area contributed by atoms with Crippen molar-refractivity contribution in [3.05, 3.63) is 89.0 Å². The molecular weight excluding hydrogens is 518 g/mol. The normalized spacial score (nSPS) is 36.6. The first-order chi connectivity index (χ1) is 19.5. The maximum Gasteiger partial charge on any atom is 0.340 e. The largest absolute Gasteiger partial charge is 0.451 e. The van der Waals surface area contributed by atoms with Gasteiger partial charge in [-0.2, -0.15) is 0 Å². The van der Waals surface area contributed by atoms with Gasteiger partial charge in [-0.25, -0.2) is 4.79 Å². The van der Waals surface area contributed by atoms with E-state index in [4.69, 9.17) is 4.74 Å². The number of hydrogen-bond acceptors (Lipinski definition) is 7. The lowest BCUT2D eigenvalue weighted by Gasteiger charge is -2.48. The Balaban J connectivity index is 1.36. The van der Waals surface area contributed by atoms with Crippen LogP contribution >= 0.6 is 0 Å². The van der Waals surface area contributed by atoms with Crippen molar-refractivity contribution in [1.29, 1.82) is 0 Å². The third-order valence-corrected chi connectivity index (χ3v) is 10.6. The zero-order chi connectivity index (χ0) is 29.3. The van der Waals surface area contributed by atoms with Crippen LogP contribution in [0.5, 0.6) is 0 Å². The number of carbonyl (C=O) groups is 2. The smallest absolute Gasteiger partial charge is 0.340 e. The molecule has 2 fully saturated rings. The van der Waals surface area contributed by atoms with Crippen molar-refractivity contribution >= 4 is 17.4 Å². The highest BCUT2D eigenvalue weighted by atomic mass is 16.6. The Bertz CT molecular complexity index is 1450. The van der Waals surface area contributed by atoms with Crippen molar-refractivity contribution in [2.24, 2.45) is 34.5 Å². The Morgan fingerprint density at radius 1 is 1.10 bits per heavy atom. The Kier molecular flexibility index (Phi) is 6.56. The van der Waals surface area contributed by atoms with Gasteiger partial charge in [0.15, 0.2) is 17.5 Å². The summed E-state index contributed by atoms with van der Waals surface area (Å²) in [5.74, 6) is -1.38. The zero-order valence-corrected chi connectivity index (χ0v) is 24.0. The second-order valence-corrected chi connectivity index (χ2v) is 13.0. The number of nitrogens with one attached hydrogen (secondary N) is 1.